The number of allylic oxidation sites excluding steroid dienone is 2. The highest BCUT2D eigenvalue weighted by Gasteiger charge is 2.42. The highest BCUT2D eigenvalue weighted by Crippen LogP contribution is 2.54. The van der Waals surface area contributed by atoms with Gasteiger partial charge in [-0.3, -0.25) is 10.2 Å². The Labute approximate surface area is 190 Å². The summed E-state index contributed by atoms with van der Waals surface area (Å²) in [5, 5.41) is 11.9. The van der Waals surface area contributed by atoms with E-state index in [1.807, 2.05) is 78.4 Å². The van der Waals surface area contributed by atoms with Crippen LogP contribution < -0.4 is 5.32 Å². The number of aromatic nitrogens is 1. The van der Waals surface area contributed by atoms with Gasteiger partial charge in [-0.15, -0.1) is 11.8 Å². The number of anilines is 1. The van der Waals surface area contributed by atoms with Gasteiger partial charge in [0.2, 0.25) is 0 Å². The Hall–Kier alpha value is -2.96. The zero-order valence-electron chi connectivity index (χ0n) is 17.0. The van der Waals surface area contributed by atoms with Gasteiger partial charge in [-0.05, 0) is 41.7 Å². The molecule has 0 saturated heterocycles. The van der Waals surface area contributed by atoms with Gasteiger partial charge in [-0.1, -0.05) is 60.3 Å². The summed E-state index contributed by atoms with van der Waals surface area (Å²) in [6.45, 7) is 2.01. The fourth-order valence-electron chi connectivity index (χ4n) is 4.05. The molecule has 2 aromatic carbocycles. The summed E-state index contributed by atoms with van der Waals surface area (Å²) in [7, 11) is 0. The van der Waals surface area contributed by atoms with Crippen molar-refractivity contribution in [3.63, 3.8) is 0 Å². The highest BCUT2D eigenvalue weighted by atomic mass is 32.2. The van der Waals surface area contributed by atoms with E-state index in [2.05, 4.69) is 17.4 Å². The lowest BCUT2D eigenvalue weighted by molar-refractivity contribution is -0.113. The molecule has 0 saturated carbocycles. The minimum Gasteiger partial charge on any atom is -0.322 e. The molecule has 1 unspecified atom stereocenters. The number of amides is 1. The Bertz CT molecular complexity index is 1230. The van der Waals surface area contributed by atoms with E-state index in [0.717, 1.165) is 37.4 Å². The third kappa shape index (κ3) is 3.66. The molecule has 0 bridgehead atoms. The van der Waals surface area contributed by atoms with Crippen LogP contribution in [0.5, 0.6) is 0 Å². The first-order valence-electron chi connectivity index (χ1n) is 10.1. The molecular formula is C25H21N3OS2. The zero-order chi connectivity index (χ0) is 21.4. The molecule has 0 fully saturated rings. The molecule has 6 heteroatoms. The van der Waals surface area contributed by atoms with Gasteiger partial charge in [0.25, 0.3) is 5.91 Å². The van der Waals surface area contributed by atoms with Crippen LogP contribution in [-0.4, -0.2) is 16.3 Å². The van der Waals surface area contributed by atoms with Crippen LogP contribution in [0, 0.1) is 5.41 Å². The quantitative estimate of drug-likeness (QED) is 0.492. The largest absolute Gasteiger partial charge is 0.322 e. The van der Waals surface area contributed by atoms with Gasteiger partial charge in [0.05, 0.1) is 10.2 Å². The van der Waals surface area contributed by atoms with Crippen LogP contribution >= 0.6 is 23.5 Å². The van der Waals surface area contributed by atoms with Gasteiger partial charge >= 0.3 is 0 Å². The second kappa shape index (κ2) is 8.29. The number of benzene rings is 2. The van der Waals surface area contributed by atoms with Crippen molar-refractivity contribution >= 4 is 41.0 Å². The molecule has 3 heterocycles. The minimum absolute atomic E-state index is 0.103. The molecule has 5 rings (SSSR count). The van der Waals surface area contributed by atoms with Crippen LogP contribution in [0.1, 0.15) is 24.1 Å². The number of nitrogens with zero attached hydrogens (tertiary/aromatic N) is 1. The minimum atomic E-state index is -0.217. The summed E-state index contributed by atoms with van der Waals surface area (Å²) >= 11 is 3.36. The highest BCUT2D eigenvalue weighted by molar-refractivity contribution is 8.23. The predicted molar refractivity (Wildman–Crippen MR) is 130 cm³/mol. The van der Waals surface area contributed by atoms with Crippen LogP contribution in [0.25, 0.3) is 0 Å². The predicted octanol–water partition coefficient (Wildman–Crippen LogP) is 6.22. The first-order valence-corrected chi connectivity index (χ1v) is 11.9. The van der Waals surface area contributed by atoms with Crippen LogP contribution in [0.4, 0.5) is 5.69 Å². The lowest BCUT2D eigenvalue weighted by atomic mass is 9.89. The molecule has 3 aromatic rings. The maximum atomic E-state index is 13.4. The zero-order valence-corrected chi connectivity index (χ0v) is 18.6. The molecule has 0 aliphatic carbocycles. The van der Waals surface area contributed by atoms with Gasteiger partial charge in [0.15, 0.2) is 0 Å². The summed E-state index contributed by atoms with van der Waals surface area (Å²) in [6.07, 6.45) is 1.91. The Kier molecular flexibility index (Phi) is 5.34. The third-order valence-electron chi connectivity index (χ3n) is 5.48. The molecule has 1 amide bonds. The molecule has 2 aliphatic rings. The van der Waals surface area contributed by atoms with E-state index in [-0.39, 0.29) is 11.8 Å². The van der Waals surface area contributed by atoms with Crippen LogP contribution in [0.2, 0.25) is 0 Å². The smallest absolute Gasteiger partial charge is 0.253 e. The van der Waals surface area contributed by atoms with Crippen molar-refractivity contribution in [2.75, 3.05) is 5.32 Å². The van der Waals surface area contributed by atoms with E-state index in [0.29, 0.717) is 5.84 Å². The second-order valence-electron chi connectivity index (χ2n) is 7.45. The van der Waals surface area contributed by atoms with Crippen molar-refractivity contribution < 1.29 is 4.79 Å². The average Bonchev–Trinajstić information content (AvgIpc) is 3.37. The first kappa shape index (κ1) is 20.0. The summed E-state index contributed by atoms with van der Waals surface area (Å²) in [5.74, 6) is 0.977. The lowest BCUT2D eigenvalue weighted by Crippen LogP contribution is -2.23. The van der Waals surface area contributed by atoms with E-state index in [4.69, 9.17) is 5.41 Å². The van der Waals surface area contributed by atoms with E-state index < -0.39 is 0 Å². The molecule has 154 valence electrons. The molecule has 1 aromatic heterocycles. The molecule has 31 heavy (non-hydrogen) atoms. The molecule has 0 spiro atoms. The topological polar surface area (TPSA) is 57.9 Å². The van der Waals surface area contributed by atoms with Gasteiger partial charge in [0, 0.05) is 34.5 Å². The Balaban J connectivity index is 1.50. The Morgan fingerprint density at radius 2 is 1.77 bits per heavy atom. The van der Waals surface area contributed by atoms with E-state index >= 15 is 0 Å². The van der Waals surface area contributed by atoms with Gasteiger partial charge in [0.1, 0.15) is 5.84 Å². The second-order valence-corrected chi connectivity index (χ2v) is 9.92. The first-order chi connectivity index (χ1) is 15.1. The number of nitrogens with one attached hydrogen (secondary N) is 2. The monoisotopic (exact) mass is 443 g/mol. The maximum absolute atomic E-state index is 13.4. The van der Waals surface area contributed by atoms with Crippen molar-refractivity contribution in [2.45, 2.75) is 18.6 Å². The number of hydrogen-bond acceptors (Lipinski definition) is 4. The van der Waals surface area contributed by atoms with Crippen molar-refractivity contribution in [1.82, 2.24) is 4.57 Å². The number of carbonyl (C=O) groups excluding carboxylic acids is 1. The SMILES string of the molecule is CC1=C(C(=O)Nc2ccccc2)C2C(=C(SCc3ccccc3)S1)C(=N)n1cccc12. The lowest BCUT2D eigenvalue weighted by Gasteiger charge is -2.26. The van der Waals surface area contributed by atoms with Gasteiger partial charge in [-0.25, -0.2) is 0 Å². The Morgan fingerprint density at radius 3 is 2.52 bits per heavy atom. The summed E-state index contributed by atoms with van der Waals surface area (Å²) in [5.41, 5.74) is 4.67. The summed E-state index contributed by atoms with van der Waals surface area (Å²) in [4.78, 5) is 14.3. The molecule has 0 radical (unpaired) electrons. The number of hydrogen-bond donors (Lipinski definition) is 2. The average molecular weight is 444 g/mol. The van der Waals surface area contributed by atoms with Crippen molar-refractivity contribution in [3.05, 3.63) is 111 Å². The van der Waals surface area contributed by atoms with E-state index in [1.165, 1.54) is 5.56 Å². The van der Waals surface area contributed by atoms with Crippen LogP contribution in [0.15, 0.2) is 99.3 Å². The fourth-order valence-corrected chi connectivity index (χ4v) is 6.62. The number of thioether (sulfide) groups is 2. The van der Waals surface area contributed by atoms with E-state index in [1.54, 1.807) is 23.5 Å². The van der Waals surface area contributed by atoms with Crippen molar-refractivity contribution in [3.8, 4) is 0 Å². The van der Waals surface area contributed by atoms with Crippen molar-refractivity contribution in [1.29, 1.82) is 5.41 Å². The number of carbonyl (C=O) groups is 1. The molecule has 2 N–H and O–H groups in total. The normalized spacial score (nSPS) is 17.6. The van der Waals surface area contributed by atoms with Crippen LogP contribution in [0.3, 0.4) is 0 Å². The van der Waals surface area contributed by atoms with Gasteiger partial charge < -0.3 is 9.88 Å². The molecule has 2 aliphatic heterocycles. The maximum Gasteiger partial charge on any atom is 0.253 e. The number of fused-ring (bicyclic) bond motifs is 3. The van der Waals surface area contributed by atoms with Crippen LogP contribution in [-0.2, 0) is 10.5 Å². The number of rotatable bonds is 5. The molecule has 1 atom stereocenters. The summed E-state index contributed by atoms with van der Waals surface area (Å²) in [6, 6.07) is 23.8. The standard InChI is InChI=1S/C25H21N3OS2/c1-16-20(24(29)27-18-11-6-3-7-12-18)21-19-13-8-14-28(19)23(26)22(21)25(31-16)30-15-17-9-4-2-5-10-17/h2-14,21,26H,15H2,1H3,(H,27,29). The van der Waals surface area contributed by atoms with E-state index in [9.17, 15) is 4.79 Å². The summed E-state index contributed by atoms with van der Waals surface area (Å²) < 4.78 is 3.01. The Morgan fingerprint density at radius 1 is 1.06 bits per heavy atom. The molecule has 4 nitrogen and oxygen atoms in total. The van der Waals surface area contributed by atoms with Gasteiger partial charge in [-0.2, -0.15) is 0 Å². The fraction of sp³-hybridized carbons (Fsp3) is 0.120. The number of para-hydroxylation sites is 1. The third-order valence-corrected chi connectivity index (χ3v) is 7.98. The van der Waals surface area contributed by atoms with Crippen molar-refractivity contribution in [2.24, 2.45) is 0 Å². The molecular weight excluding hydrogens is 422 g/mol.